The van der Waals surface area contributed by atoms with Gasteiger partial charge in [0.2, 0.25) is 0 Å². The van der Waals surface area contributed by atoms with Gasteiger partial charge in [0.05, 0.1) is 25.8 Å². The Morgan fingerprint density at radius 3 is 2.08 bits per heavy atom. The summed E-state index contributed by atoms with van der Waals surface area (Å²) in [4.78, 5) is 0. The molecule has 1 aliphatic heterocycles. The topological polar surface area (TPSA) is 0 Å². The molecule has 1 heterocycles. The molecule has 1 nitrogen and oxygen atoms in total. The standard InChI is InChI=1S/C12H24N/c1-3-5-9-13(10-6-4-2)11-7-8-12-13/h7,11H,3-6,8-10,12H2,1-2H3/q+1. The van der Waals surface area contributed by atoms with E-state index >= 15 is 0 Å². The highest BCUT2D eigenvalue weighted by Gasteiger charge is 2.26. The molecule has 0 saturated carbocycles. The van der Waals surface area contributed by atoms with E-state index < -0.39 is 0 Å². The Bertz CT molecular complexity index is 153. The number of hydrogen-bond acceptors (Lipinski definition) is 0. The maximum absolute atomic E-state index is 2.45. The van der Waals surface area contributed by atoms with Crippen LogP contribution in [0.25, 0.3) is 0 Å². The van der Waals surface area contributed by atoms with Crippen LogP contribution >= 0.6 is 0 Å². The molecule has 0 aromatic rings. The van der Waals surface area contributed by atoms with Crippen molar-refractivity contribution in [1.29, 1.82) is 0 Å². The van der Waals surface area contributed by atoms with Gasteiger partial charge in [-0.15, -0.1) is 0 Å². The largest absolute Gasteiger partial charge is 0.297 e. The summed E-state index contributed by atoms with van der Waals surface area (Å²) in [6, 6.07) is 0. The van der Waals surface area contributed by atoms with Gasteiger partial charge in [0.25, 0.3) is 0 Å². The van der Waals surface area contributed by atoms with Crippen molar-refractivity contribution in [3.8, 4) is 0 Å². The van der Waals surface area contributed by atoms with Gasteiger partial charge in [-0.05, 0) is 18.9 Å². The molecule has 76 valence electrons. The van der Waals surface area contributed by atoms with E-state index in [-0.39, 0.29) is 0 Å². The van der Waals surface area contributed by atoms with Crippen LogP contribution in [0, 0.1) is 0 Å². The molecule has 0 radical (unpaired) electrons. The van der Waals surface area contributed by atoms with E-state index in [2.05, 4.69) is 26.1 Å². The highest BCUT2D eigenvalue weighted by molar-refractivity contribution is 4.81. The van der Waals surface area contributed by atoms with Gasteiger partial charge in [0.15, 0.2) is 0 Å². The second kappa shape index (κ2) is 5.43. The van der Waals surface area contributed by atoms with Gasteiger partial charge < -0.3 is 0 Å². The Kier molecular flexibility index (Phi) is 4.51. The van der Waals surface area contributed by atoms with Crippen molar-refractivity contribution in [1.82, 2.24) is 0 Å². The number of unbranched alkanes of at least 4 members (excludes halogenated alkanes) is 2. The van der Waals surface area contributed by atoms with Crippen molar-refractivity contribution >= 4 is 0 Å². The van der Waals surface area contributed by atoms with Gasteiger partial charge in [-0.2, -0.15) is 0 Å². The van der Waals surface area contributed by atoms with Gasteiger partial charge in [0, 0.05) is 6.42 Å². The summed E-state index contributed by atoms with van der Waals surface area (Å²) >= 11 is 0. The molecule has 0 amide bonds. The highest BCUT2D eigenvalue weighted by atomic mass is 15.3. The monoisotopic (exact) mass is 182 g/mol. The lowest BCUT2D eigenvalue weighted by atomic mass is 10.2. The van der Waals surface area contributed by atoms with Crippen molar-refractivity contribution < 1.29 is 4.48 Å². The minimum absolute atomic E-state index is 1.28. The summed E-state index contributed by atoms with van der Waals surface area (Å²) in [5, 5.41) is 0. The molecule has 0 aliphatic carbocycles. The van der Waals surface area contributed by atoms with Crippen molar-refractivity contribution in [2.75, 3.05) is 19.6 Å². The SMILES string of the molecule is CCCC[N+]1(CCCC)C=CCC1. The summed E-state index contributed by atoms with van der Waals surface area (Å²) in [6.07, 6.45) is 11.5. The average molecular weight is 182 g/mol. The smallest absolute Gasteiger partial charge is 0.0920 e. The van der Waals surface area contributed by atoms with E-state index in [1.54, 1.807) is 0 Å². The lowest BCUT2D eigenvalue weighted by Crippen LogP contribution is -2.42. The molecule has 0 fully saturated rings. The maximum Gasteiger partial charge on any atom is 0.0920 e. The summed E-state index contributed by atoms with van der Waals surface area (Å²) in [5.41, 5.74) is 0. The molecular weight excluding hydrogens is 158 g/mol. The molecule has 13 heavy (non-hydrogen) atoms. The van der Waals surface area contributed by atoms with E-state index in [0.717, 1.165) is 0 Å². The van der Waals surface area contributed by atoms with Crippen LogP contribution in [0.3, 0.4) is 0 Å². The van der Waals surface area contributed by atoms with E-state index in [4.69, 9.17) is 0 Å². The number of rotatable bonds is 6. The van der Waals surface area contributed by atoms with Crippen LogP contribution in [0.2, 0.25) is 0 Å². The van der Waals surface area contributed by atoms with Gasteiger partial charge in [0.1, 0.15) is 0 Å². The van der Waals surface area contributed by atoms with Crippen molar-refractivity contribution in [3.63, 3.8) is 0 Å². The Labute approximate surface area is 83.0 Å². The first kappa shape index (κ1) is 10.8. The first-order chi connectivity index (χ1) is 6.33. The lowest BCUT2D eigenvalue weighted by molar-refractivity contribution is -0.874. The van der Waals surface area contributed by atoms with Crippen LogP contribution < -0.4 is 0 Å². The van der Waals surface area contributed by atoms with Gasteiger partial charge in [-0.3, -0.25) is 4.48 Å². The maximum atomic E-state index is 2.45. The third-order valence-corrected chi connectivity index (χ3v) is 3.08. The molecule has 0 N–H and O–H groups in total. The molecule has 0 unspecified atom stereocenters. The fourth-order valence-electron chi connectivity index (χ4n) is 2.13. The Morgan fingerprint density at radius 2 is 1.69 bits per heavy atom. The first-order valence-electron chi connectivity index (χ1n) is 5.86. The molecule has 0 bridgehead atoms. The third-order valence-electron chi connectivity index (χ3n) is 3.08. The van der Waals surface area contributed by atoms with Gasteiger partial charge >= 0.3 is 0 Å². The Morgan fingerprint density at radius 1 is 1.08 bits per heavy atom. The molecule has 0 spiro atoms. The Hall–Kier alpha value is -0.300. The Balaban J connectivity index is 2.38. The van der Waals surface area contributed by atoms with Gasteiger partial charge in [-0.25, -0.2) is 0 Å². The zero-order valence-electron chi connectivity index (χ0n) is 9.26. The van der Waals surface area contributed by atoms with Crippen LogP contribution in [0.5, 0.6) is 0 Å². The van der Waals surface area contributed by atoms with Crippen LogP contribution in [0.4, 0.5) is 0 Å². The zero-order valence-corrected chi connectivity index (χ0v) is 9.26. The third kappa shape index (κ3) is 3.15. The normalized spacial score (nSPS) is 19.5. The zero-order chi connectivity index (χ0) is 9.57. The molecule has 1 rings (SSSR count). The lowest BCUT2D eigenvalue weighted by Gasteiger charge is -2.31. The van der Waals surface area contributed by atoms with E-state index in [0.29, 0.717) is 0 Å². The predicted molar refractivity (Wildman–Crippen MR) is 58.4 cm³/mol. The number of hydrogen-bond donors (Lipinski definition) is 0. The molecule has 1 heteroatoms. The van der Waals surface area contributed by atoms with Crippen molar-refractivity contribution in [2.45, 2.75) is 46.0 Å². The number of quaternary nitrogens is 1. The second-order valence-electron chi connectivity index (χ2n) is 4.27. The van der Waals surface area contributed by atoms with Crippen molar-refractivity contribution in [2.24, 2.45) is 0 Å². The summed E-state index contributed by atoms with van der Waals surface area (Å²) in [7, 11) is 0. The van der Waals surface area contributed by atoms with E-state index in [1.807, 2.05) is 0 Å². The predicted octanol–water partition coefficient (Wildman–Crippen LogP) is 3.32. The van der Waals surface area contributed by atoms with E-state index in [1.165, 1.54) is 56.2 Å². The highest BCUT2D eigenvalue weighted by Crippen LogP contribution is 2.19. The van der Waals surface area contributed by atoms with Crippen LogP contribution in [-0.4, -0.2) is 24.1 Å². The second-order valence-corrected chi connectivity index (χ2v) is 4.27. The van der Waals surface area contributed by atoms with E-state index in [9.17, 15) is 0 Å². The average Bonchev–Trinajstić information content (AvgIpc) is 2.61. The minimum Gasteiger partial charge on any atom is -0.297 e. The summed E-state index contributed by atoms with van der Waals surface area (Å²) in [5.74, 6) is 0. The molecule has 0 saturated heterocycles. The van der Waals surface area contributed by atoms with Crippen LogP contribution in [0.15, 0.2) is 12.3 Å². The molecule has 0 aromatic heterocycles. The summed E-state index contributed by atoms with van der Waals surface area (Å²) in [6.45, 7) is 8.67. The summed E-state index contributed by atoms with van der Waals surface area (Å²) < 4.78 is 1.28. The molecule has 1 aliphatic rings. The fourth-order valence-corrected chi connectivity index (χ4v) is 2.13. The van der Waals surface area contributed by atoms with Crippen LogP contribution in [0.1, 0.15) is 46.0 Å². The molecule has 0 atom stereocenters. The quantitative estimate of drug-likeness (QED) is 0.553. The molecular formula is C12H24N+. The fraction of sp³-hybridized carbons (Fsp3) is 0.833. The molecule has 0 aromatic carbocycles. The van der Waals surface area contributed by atoms with Gasteiger partial charge in [-0.1, -0.05) is 26.7 Å². The first-order valence-corrected chi connectivity index (χ1v) is 5.86. The number of nitrogens with zero attached hydrogens (tertiary/aromatic N) is 1. The van der Waals surface area contributed by atoms with Crippen LogP contribution in [-0.2, 0) is 0 Å². The minimum atomic E-state index is 1.28. The van der Waals surface area contributed by atoms with Crippen molar-refractivity contribution in [3.05, 3.63) is 12.3 Å².